The molecule has 1 rings (SSSR count). The van der Waals surface area contributed by atoms with Crippen LogP contribution in [0.15, 0.2) is 17.3 Å². The van der Waals surface area contributed by atoms with Crippen molar-refractivity contribution in [3.63, 3.8) is 0 Å². The van der Waals surface area contributed by atoms with Crippen molar-refractivity contribution in [1.82, 2.24) is 14.1 Å². The molecule has 1 aromatic heterocycles. The van der Waals surface area contributed by atoms with Gasteiger partial charge in [0.05, 0.1) is 13.3 Å². The lowest BCUT2D eigenvalue weighted by Gasteiger charge is -2.23. The molecule has 1 N–H and O–H groups in total. The predicted octanol–water partition coefficient (Wildman–Crippen LogP) is -0.460. The molecule has 1 heterocycles. The summed E-state index contributed by atoms with van der Waals surface area (Å²) in [6, 6.07) is -0.532. The first-order chi connectivity index (χ1) is 9.68. The highest BCUT2D eigenvalue weighted by molar-refractivity contribution is 7.89. The lowest BCUT2D eigenvalue weighted by atomic mass is 10.4. The number of aromatic nitrogens is 2. The summed E-state index contributed by atoms with van der Waals surface area (Å²) in [4.78, 5) is 21.7. The van der Waals surface area contributed by atoms with Crippen LogP contribution in [0.3, 0.4) is 0 Å². The molecule has 0 aliphatic carbocycles. The fourth-order valence-corrected chi connectivity index (χ4v) is 3.12. The number of carboxylic acid groups (broad SMARTS) is 1. The number of methoxy groups -OCH3 is 1. The third kappa shape index (κ3) is 4.26. The van der Waals surface area contributed by atoms with Crippen molar-refractivity contribution in [2.45, 2.75) is 31.3 Å². The molecule has 0 spiro atoms. The summed E-state index contributed by atoms with van der Waals surface area (Å²) in [5.74, 6) is -1.83. The van der Waals surface area contributed by atoms with Gasteiger partial charge in [-0.25, -0.2) is 8.42 Å². The van der Waals surface area contributed by atoms with Crippen LogP contribution in [0.5, 0.6) is 0 Å². The average molecular weight is 319 g/mol. The van der Waals surface area contributed by atoms with E-state index < -0.39 is 34.5 Å². The Balaban J connectivity index is 3.06. The van der Waals surface area contributed by atoms with Gasteiger partial charge in [-0.3, -0.25) is 14.3 Å². The van der Waals surface area contributed by atoms with Crippen LogP contribution in [0.1, 0.15) is 13.8 Å². The summed E-state index contributed by atoms with van der Waals surface area (Å²) in [5, 5.41) is 12.6. The number of esters is 1. The lowest BCUT2D eigenvalue weighted by Crippen LogP contribution is -2.40. The van der Waals surface area contributed by atoms with Crippen LogP contribution in [0.25, 0.3) is 0 Å². The maximum atomic E-state index is 12.4. The zero-order chi connectivity index (χ0) is 16.2. The molecule has 0 unspecified atom stereocenters. The molecule has 0 amide bonds. The second-order valence-electron chi connectivity index (χ2n) is 4.49. The van der Waals surface area contributed by atoms with Crippen LogP contribution in [-0.2, 0) is 30.9 Å². The molecule has 0 fully saturated rings. The molecule has 9 nitrogen and oxygen atoms in total. The number of hydrogen-bond donors (Lipinski definition) is 1. The number of aliphatic carboxylic acids is 1. The van der Waals surface area contributed by atoms with E-state index >= 15 is 0 Å². The second kappa shape index (κ2) is 6.68. The third-order valence-corrected chi connectivity index (χ3v) is 4.58. The molecule has 0 aromatic carbocycles. The van der Waals surface area contributed by atoms with Gasteiger partial charge < -0.3 is 9.84 Å². The van der Waals surface area contributed by atoms with Gasteiger partial charge in [0.2, 0.25) is 10.0 Å². The molecular formula is C11H17N3O6S. The monoisotopic (exact) mass is 319 g/mol. The Morgan fingerprint density at radius 1 is 1.48 bits per heavy atom. The Bertz CT molecular complexity index is 622. The Kier molecular flexibility index (Phi) is 5.44. The van der Waals surface area contributed by atoms with E-state index in [-0.39, 0.29) is 11.4 Å². The second-order valence-corrected chi connectivity index (χ2v) is 6.38. The third-order valence-electron chi connectivity index (χ3n) is 2.60. The normalized spacial score (nSPS) is 11.9. The summed E-state index contributed by atoms with van der Waals surface area (Å²) < 4.78 is 31.1. The van der Waals surface area contributed by atoms with E-state index in [2.05, 4.69) is 9.84 Å². The number of carbonyl (C=O) groups is 2. The average Bonchev–Trinajstić information content (AvgIpc) is 2.84. The van der Waals surface area contributed by atoms with Gasteiger partial charge in [-0.15, -0.1) is 0 Å². The summed E-state index contributed by atoms with van der Waals surface area (Å²) in [5.41, 5.74) is 0. The Labute approximate surface area is 122 Å². The summed E-state index contributed by atoms with van der Waals surface area (Å²) in [7, 11) is -2.79. The quantitative estimate of drug-likeness (QED) is 0.675. The Morgan fingerprint density at radius 3 is 2.57 bits per heavy atom. The summed E-state index contributed by atoms with van der Waals surface area (Å²) in [6.07, 6.45) is 2.22. The zero-order valence-electron chi connectivity index (χ0n) is 11.9. The number of rotatable bonds is 7. The van der Waals surface area contributed by atoms with Crippen LogP contribution in [-0.4, -0.2) is 59.2 Å². The first-order valence-electron chi connectivity index (χ1n) is 6.01. The number of carbonyl (C=O) groups excluding carboxylic acids is 1. The maximum absolute atomic E-state index is 12.4. The summed E-state index contributed by atoms with van der Waals surface area (Å²) >= 11 is 0. The van der Waals surface area contributed by atoms with Gasteiger partial charge in [0, 0.05) is 12.2 Å². The minimum absolute atomic E-state index is 0.179. The fourth-order valence-electron chi connectivity index (χ4n) is 1.57. The number of nitrogens with zero attached hydrogens (tertiary/aromatic N) is 3. The number of hydrogen-bond acceptors (Lipinski definition) is 6. The van der Waals surface area contributed by atoms with E-state index in [1.54, 1.807) is 13.8 Å². The first kappa shape index (κ1) is 17.1. The van der Waals surface area contributed by atoms with E-state index in [0.717, 1.165) is 21.4 Å². The van der Waals surface area contributed by atoms with Gasteiger partial charge in [0.15, 0.2) is 0 Å². The molecule has 0 atom stereocenters. The van der Waals surface area contributed by atoms with Crippen molar-refractivity contribution in [3.05, 3.63) is 12.4 Å². The standard InChI is InChI=1S/C11H17N3O6S/c1-8(2)14(6-10(15)16)21(18,19)9-4-12-13(5-9)7-11(17)20-3/h4-5,8H,6-7H2,1-3H3,(H,15,16). The van der Waals surface area contributed by atoms with E-state index in [4.69, 9.17) is 5.11 Å². The molecule has 0 radical (unpaired) electrons. The predicted molar refractivity (Wildman–Crippen MR) is 70.9 cm³/mol. The Morgan fingerprint density at radius 2 is 2.10 bits per heavy atom. The molecule has 0 saturated heterocycles. The number of carboxylic acids is 1. The van der Waals surface area contributed by atoms with Gasteiger partial charge in [-0.2, -0.15) is 9.40 Å². The molecule has 10 heteroatoms. The SMILES string of the molecule is COC(=O)Cn1cc(S(=O)(=O)N(CC(=O)O)C(C)C)cn1. The molecule has 0 aliphatic heterocycles. The maximum Gasteiger partial charge on any atom is 0.327 e. The molecular weight excluding hydrogens is 302 g/mol. The first-order valence-corrected chi connectivity index (χ1v) is 7.45. The molecule has 118 valence electrons. The van der Waals surface area contributed by atoms with Crippen molar-refractivity contribution in [2.24, 2.45) is 0 Å². The van der Waals surface area contributed by atoms with Gasteiger partial charge in [-0.05, 0) is 13.8 Å². The van der Waals surface area contributed by atoms with Crippen molar-refractivity contribution in [3.8, 4) is 0 Å². The van der Waals surface area contributed by atoms with Crippen molar-refractivity contribution in [2.75, 3.05) is 13.7 Å². The molecule has 0 bridgehead atoms. The van der Waals surface area contributed by atoms with Gasteiger partial charge in [0.25, 0.3) is 0 Å². The molecule has 0 saturated carbocycles. The van der Waals surface area contributed by atoms with Gasteiger partial charge >= 0.3 is 11.9 Å². The van der Waals surface area contributed by atoms with Crippen LogP contribution in [0.4, 0.5) is 0 Å². The number of ether oxygens (including phenoxy) is 1. The number of sulfonamides is 1. The van der Waals surface area contributed by atoms with Crippen LogP contribution in [0, 0.1) is 0 Å². The minimum Gasteiger partial charge on any atom is -0.480 e. The highest BCUT2D eigenvalue weighted by Gasteiger charge is 2.30. The van der Waals surface area contributed by atoms with Crippen molar-refractivity contribution >= 4 is 22.0 Å². The largest absolute Gasteiger partial charge is 0.480 e. The highest BCUT2D eigenvalue weighted by atomic mass is 32.2. The van der Waals surface area contributed by atoms with E-state index in [0.29, 0.717) is 0 Å². The van der Waals surface area contributed by atoms with Crippen molar-refractivity contribution < 1.29 is 27.9 Å². The van der Waals surface area contributed by atoms with Crippen molar-refractivity contribution in [1.29, 1.82) is 0 Å². The smallest absolute Gasteiger partial charge is 0.327 e. The topological polar surface area (TPSA) is 119 Å². The minimum atomic E-state index is -4.00. The van der Waals surface area contributed by atoms with E-state index in [9.17, 15) is 18.0 Å². The Hall–Kier alpha value is -1.94. The molecule has 0 aliphatic rings. The zero-order valence-corrected chi connectivity index (χ0v) is 12.7. The molecule has 21 heavy (non-hydrogen) atoms. The highest BCUT2D eigenvalue weighted by Crippen LogP contribution is 2.17. The molecule has 1 aromatic rings. The van der Waals surface area contributed by atoms with E-state index in [1.807, 2.05) is 0 Å². The van der Waals surface area contributed by atoms with Gasteiger partial charge in [0.1, 0.15) is 18.0 Å². The summed E-state index contributed by atoms with van der Waals surface area (Å²) in [6.45, 7) is 2.26. The fraction of sp³-hybridized carbons (Fsp3) is 0.545. The van der Waals surface area contributed by atoms with Gasteiger partial charge in [-0.1, -0.05) is 0 Å². The lowest BCUT2D eigenvalue weighted by molar-refractivity contribution is -0.141. The van der Waals surface area contributed by atoms with E-state index in [1.165, 1.54) is 7.11 Å². The van der Waals surface area contributed by atoms with Crippen LogP contribution < -0.4 is 0 Å². The van der Waals surface area contributed by atoms with Crippen LogP contribution >= 0.6 is 0 Å². The van der Waals surface area contributed by atoms with Crippen LogP contribution in [0.2, 0.25) is 0 Å².